The molecule has 0 spiro atoms. The Balaban J connectivity index is 1.04. The fourth-order valence-electron chi connectivity index (χ4n) is 10.7. The topological polar surface area (TPSA) is 388 Å². The Morgan fingerprint density at radius 3 is 1.20 bits per heavy atom. The highest BCUT2D eigenvalue weighted by atomic mass is 16.6. The van der Waals surface area contributed by atoms with E-state index in [1.54, 1.807) is 76.2 Å². The molecule has 1 unspecified atom stereocenters. The number of hydrogen-bond donors (Lipinski definition) is 10. The van der Waals surface area contributed by atoms with Gasteiger partial charge in [0, 0.05) is 36.6 Å². The van der Waals surface area contributed by atoms with E-state index < -0.39 is 96.1 Å². The zero-order valence-electron chi connectivity index (χ0n) is 58.3. The molecule has 30 heteroatoms. The van der Waals surface area contributed by atoms with E-state index in [9.17, 15) is 58.2 Å². The van der Waals surface area contributed by atoms with Gasteiger partial charge in [0.25, 0.3) is 11.8 Å². The van der Waals surface area contributed by atoms with Gasteiger partial charge in [0.05, 0.1) is 75.2 Å². The Morgan fingerprint density at radius 1 is 0.485 bits per heavy atom. The van der Waals surface area contributed by atoms with Gasteiger partial charge >= 0.3 is 24.4 Å². The quantitative estimate of drug-likeness (QED) is 0.0118. The van der Waals surface area contributed by atoms with Crippen molar-refractivity contribution in [3.8, 4) is 23.0 Å². The number of benzene rings is 4. The largest absolute Gasteiger partial charge is 0.493 e. The number of aliphatic hydroxyl groups is 2. The van der Waals surface area contributed by atoms with Gasteiger partial charge in [-0.1, -0.05) is 77.3 Å². The highest BCUT2D eigenvalue weighted by molar-refractivity contribution is 6.05. The van der Waals surface area contributed by atoms with Gasteiger partial charge in [-0.3, -0.25) is 39.4 Å². The lowest BCUT2D eigenvalue weighted by Gasteiger charge is -2.25. The summed E-state index contributed by atoms with van der Waals surface area (Å²) in [7, 11) is 2.81. The molecule has 2 aliphatic heterocycles. The molecule has 4 aromatic carbocycles. The molecule has 6 rings (SSSR count). The van der Waals surface area contributed by atoms with Crippen molar-refractivity contribution >= 4 is 82.6 Å². The van der Waals surface area contributed by atoms with E-state index in [4.69, 9.17) is 37.9 Å². The number of likely N-dealkylation sites (tertiary alicyclic amines) is 2. The van der Waals surface area contributed by atoms with Gasteiger partial charge in [-0.15, -0.1) is 0 Å². The summed E-state index contributed by atoms with van der Waals surface area (Å²) in [6, 6.07) is 13.8. The van der Waals surface area contributed by atoms with Crippen LogP contribution in [0.3, 0.4) is 0 Å². The molecule has 10 N–H and O–H groups in total. The number of carbonyl (C=O) groups is 10. The fraction of sp³-hybridized carbons (Fsp3) is 0.465. The molecule has 0 radical (unpaired) electrons. The molecule has 548 valence electrons. The van der Waals surface area contributed by atoms with Crippen LogP contribution in [-0.4, -0.2) is 183 Å². The molecule has 4 aromatic rings. The number of aliphatic hydroxyl groups excluding tert-OH is 2. The van der Waals surface area contributed by atoms with Crippen LogP contribution in [0.15, 0.2) is 98.1 Å². The van der Waals surface area contributed by atoms with Crippen molar-refractivity contribution in [1.82, 2.24) is 31.1 Å². The average molecular weight is 1410 g/mol. The molecule has 2 fully saturated rings. The van der Waals surface area contributed by atoms with E-state index in [0.717, 1.165) is 0 Å². The number of unbranched alkanes of at least 4 members (excludes halogenated alkanes) is 2. The van der Waals surface area contributed by atoms with E-state index in [1.165, 1.54) is 74.3 Å². The van der Waals surface area contributed by atoms with E-state index in [-0.39, 0.29) is 110 Å². The van der Waals surface area contributed by atoms with Gasteiger partial charge in [0.2, 0.25) is 23.6 Å². The Labute approximate surface area is 586 Å². The van der Waals surface area contributed by atoms with Crippen molar-refractivity contribution in [3.05, 3.63) is 120 Å². The molecule has 101 heavy (non-hydrogen) atoms. The van der Waals surface area contributed by atoms with Crippen molar-refractivity contribution in [1.29, 1.82) is 0 Å². The number of amides is 10. The molecule has 10 amide bonds. The van der Waals surface area contributed by atoms with Crippen molar-refractivity contribution < 1.29 is 96.1 Å². The van der Waals surface area contributed by atoms with Crippen LogP contribution in [0, 0.1) is 11.8 Å². The van der Waals surface area contributed by atoms with Gasteiger partial charge in [0.1, 0.15) is 50.6 Å². The SMILES string of the molecule is C=CCOC(=O)N[C@H](C(=O)N[C@@H](C)C(=O)Nc1ccc(COC(=O)Nc2cc(OCCCCCOc3cc(NC(=O)OCc4ccc(NC(=O)[C@H](C)NC(=O)[C@@H](NC(=O)OCC=C)C(C)C)cc4)c(C(=O)N4CCC[C@H]4CO)cc3OC)c(OC)cc2C(=O)N2CCCC2CO)cc1)C(C)C. The van der Waals surface area contributed by atoms with Crippen LogP contribution in [-0.2, 0) is 51.3 Å². The summed E-state index contributed by atoms with van der Waals surface area (Å²) in [6.45, 7) is 16.9. The first-order chi connectivity index (χ1) is 48.4. The van der Waals surface area contributed by atoms with Crippen molar-refractivity contribution in [2.24, 2.45) is 11.8 Å². The number of nitrogens with one attached hydrogen (secondary N) is 8. The predicted octanol–water partition coefficient (Wildman–Crippen LogP) is 7.78. The Kier molecular flexibility index (Phi) is 31.3. The minimum atomic E-state index is -0.997. The molecule has 0 saturated carbocycles. The van der Waals surface area contributed by atoms with Crippen LogP contribution in [0.1, 0.15) is 118 Å². The molecule has 2 heterocycles. The number of hydrogen-bond acceptors (Lipinski definition) is 20. The molecule has 2 aliphatic rings. The summed E-state index contributed by atoms with van der Waals surface area (Å²) in [5, 5.41) is 41.2. The van der Waals surface area contributed by atoms with Crippen molar-refractivity contribution in [3.63, 3.8) is 0 Å². The minimum Gasteiger partial charge on any atom is -0.493 e. The van der Waals surface area contributed by atoms with E-state index in [0.29, 0.717) is 80.5 Å². The first-order valence-corrected chi connectivity index (χ1v) is 33.3. The van der Waals surface area contributed by atoms with Gasteiger partial charge in [-0.25, -0.2) is 19.2 Å². The maximum absolute atomic E-state index is 14.1. The maximum Gasteiger partial charge on any atom is 0.411 e. The monoisotopic (exact) mass is 1410 g/mol. The molecule has 2 saturated heterocycles. The second-order valence-electron chi connectivity index (χ2n) is 24.6. The van der Waals surface area contributed by atoms with Crippen LogP contribution >= 0.6 is 0 Å². The number of methoxy groups -OCH3 is 2. The third kappa shape index (κ3) is 23.8. The first-order valence-electron chi connectivity index (χ1n) is 33.3. The Bertz CT molecular complexity index is 3310. The lowest BCUT2D eigenvalue weighted by atomic mass is 10.0. The summed E-state index contributed by atoms with van der Waals surface area (Å²) in [5.41, 5.74) is 2.07. The molecule has 0 aromatic heterocycles. The Hall–Kier alpha value is -10.6. The zero-order valence-corrected chi connectivity index (χ0v) is 58.3. The molecular weight excluding hydrogens is 1310 g/mol. The highest BCUT2D eigenvalue weighted by Gasteiger charge is 2.35. The minimum absolute atomic E-state index is 0.0463. The molecule has 6 atom stereocenters. The van der Waals surface area contributed by atoms with Crippen molar-refractivity contribution in [2.45, 2.75) is 136 Å². The van der Waals surface area contributed by atoms with Gasteiger partial charge in [0.15, 0.2) is 23.0 Å². The van der Waals surface area contributed by atoms with Crippen molar-refractivity contribution in [2.75, 3.05) is 88.2 Å². The number of carbonyl (C=O) groups excluding carboxylic acids is 10. The Morgan fingerprint density at radius 2 is 0.861 bits per heavy atom. The van der Waals surface area contributed by atoms with Crippen LogP contribution < -0.4 is 61.5 Å². The molecule has 0 bridgehead atoms. The van der Waals surface area contributed by atoms with Crippen LogP contribution in [0.25, 0.3) is 0 Å². The second-order valence-corrected chi connectivity index (χ2v) is 24.6. The normalized spacial score (nSPS) is 15.1. The highest BCUT2D eigenvalue weighted by Crippen LogP contribution is 2.38. The van der Waals surface area contributed by atoms with Crippen LogP contribution in [0.2, 0.25) is 0 Å². The molecule has 0 aliphatic carbocycles. The van der Waals surface area contributed by atoms with E-state index >= 15 is 0 Å². The fourth-order valence-corrected chi connectivity index (χ4v) is 10.7. The second kappa shape index (κ2) is 39.8. The summed E-state index contributed by atoms with van der Waals surface area (Å²) < 4.78 is 44.8. The van der Waals surface area contributed by atoms with E-state index in [1.807, 2.05) is 0 Å². The number of rotatable bonds is 36. The number of alkyl carbamates (subject to hydrolysis) is 2. The maximum atomic E-state index is 14.1. The van der Waals surface area contributed by atoms with Crippen LogP contribution in [0.5, 0.6) is 23.0 Å². The summed E-state index contributed by atoms with van der Waals surface area (Å²) in [6.07, 6.45) is 3.38. The van der Waals surface area contributed by atoms with E-state index in [2.05, 4.69) is 55.7 Å². The van der Waals surface area contributed by atoms with Gasteiger partial charge in [-0.05, 0) is 118 Å². The zero-order chi connectivity index (χ0) is 73.7. The predicted molar refractivity (Wildman–Crippen MR) is 373 cm³/mol. The third-order valence-corrected chi connectivity index (χ3v) is 16.3. The summed E-state index contributed by atoms with van der Waals surface area (Å²) in [5.74, 6) is -3.03. The third-order valence-electron chi connectivity index (χ3n) is 16.3. The smallest absolute Gasteiger partial charge is 0.411 e. The van der Waals surface area contributed by atoms with Gasteiger partial charge < -0.3 is 89.8 Å². The average Bonchev–Trinajstić information content (AvgIpc) is 1.78. The van der Waals surface area contributed by atoms with Crippen LogP contribution in [0.4, 0.5) is 41.9 Å². The number of nitrogens with zero attached hydrogens (tertiary/aromatic N) is 2. The number of anilines is 4. The standard InChI is InChI=1S/C71H94N10O20/c1-11-30-98-70(92)78-60(42(3)4)64(86)72-44(7)62(84)74-48-24-20-46(21-25-48)40-100-68(90)76-54-36-58(56(94-9)34-52(54)66(88)80-28-16-18-50(80)38-82)96-32-14-13-15-33-97-59-37-55(53(35-57(59)95-10)67(89)81-29-17-19-51(81)39-83)77-69(91)101-41-47-22-26-49(27-23-47)75-63(85)45(8)73-65(87)61(43(5)6)79-71(93)99-31-12-2/h11-12,20-27,34-37,42-45,50-51,60-61,82-83H,1-2,13-19,28-33,38-41H2,3-10H3,(H,72,86)(H,73,87)(H,74,84)(H,75,85)(H,76,90)(H,77,91)(H,78,92)(H,79,93)/t44-,45-,50-,51?,60-,61-/m0/s1. The summed E-state index contributed by atoms with van der Waals surface area (Å²) >= 11 is 0. The molecule has 30 nitrogen and oxygen atoms in total. The summed E-state index contributed by atoms with van der Waals surface area (Å²) in [4.78, 5) is 135. The van der Waals surface area contributed by atoms with Gasteiger partial charge in [-0.2, -0.15) is 0 Å². The number of ether oxygens (including phenoxy) is 8. The first kappa shape index (κ1) is 79.4. The lowest BCUT2D eigenvalue weighted by Crippen LogP contribution is -2.53. The lowest BCUT2D eigenvalue weighted by molar-refractivity contribution is -0.128. The molecular formula is C71H94N10O20.